The van der Waals surface area contributed by atoms with Gasteiger partial charge in [0.15, 0.2) is 0 Å². The molecular weight excluding hydrogens is 226 g/mol. The molecule has 0 radical (unpaired) electrons. The maximum atomic E-state index is 11.9. The fraction of sp³-hybridized carbons (Fsp3) is 0.500. The maximum absolute atomic E-state index is 11.9. The lowest BCUT2D eigenvalue weighted by Gasteiger charge is -2.22. The summed E-state index contributed by atoms with van der Waals surface area (Å²) < 4.78 is 0. The summed E-state index contributed by atoms with van der Waals surface area (Å²) in [4.78, 5) is 11.9. The number of hydrogen-bond donors (Lipinski definition) is 3. The van der Waals surface area contributed by atoms with Crippen LogP contribution in [0.25, 0.3) is 0 Å². The van der Waals surface area contributed by atoms with Crippen molar-refractivity contribution in [3.05, 3.63) is 29.8 Å². The van der Waals surface area contributed by atoms with Gasteiger partial charge in [0.2, 0.25) is 0 Å². The van der Waals surface area contributed by atoms with Gasteiger partial charge in [-0.25, -0.2) is 4.79 Å². The lowest BCUT2D eigenvalue weighted by atomic mass is 10.0. The van der Waals surface area contributed by atoms with Gasteiger partial charge in [0.25, 0.3) is 0 Å². The normalized spacial score (nSPS) is 12.3. The number of carbonyl (C=O) groups excluding carboxylic acids is 1. The first-order valence-corrected chi connectivity index (χ1v) is 6.37. The lowest BCUT2D eigenvalue weighted by Crippen LogP contribution is -2.42. The van der Waals surface area contributed by atoms with Gasteiger partial charge in [-0.2, -0.15) is 0 Å². The van der Waals surface area contributed by atoms with Crippen LogP contribution in [0.3, 0.4) is 0 Å². The topological polar surface area (TPSA) is 67.2 Å². The van der Waals surface area contributed by atoms with Crippen molar-refractivity contribution in [3.8, 4) is 0 Å². The zero-order valence-electron chi connectivity index (χ0n) is 11.4. The standard InChI is InChI=1S/C14H23N3O/c1-10(2)13(7-8-15)17-14(18)16-12-6-4-5-11(3)9-12/h4-6,9-10,13H,7-8,15H2,1-3H3,(H2,16,17,18). The molecular formula is C14H23N3O. The van der Waals surface area contributed by atoms with Crippen LogP contribution in [0, 0.1) is 12.8 Å². The Morgan fingerprint density at radius 2 is 2.11 bits per heavy atom. The highest BCUT2D eigenvalue weighted by molar-refractivity contribution is 5.89. The highest BCUT2D eigenvalue weighted by Crippen LogP contribution is 2.10. The minimum Gasteiger partial charge on any atom is -0.335 e. The minimum absolute atomic E-state index is 0.111. The molecule has 1 unspecified atom stereocenters. The van der Waals surface area contributed by atoms with Crippen molar-refractivity contribution in [2.24, 2.45) is 11.7 Å². The number of hydrogen-bond acceptors (Lipinski definition) is 2. The molecule has 2 amide bonds. The SMILES string of the molecule is Cc1cccc(NC(=O)NC(CCN)C(C)C)c1. The van der Waals surface area contributed by atoms with Crippen molar-refractivity contribution >= 4 is 11.7 Å². The zero-order valence-corrected chi connectivity index (χ0v) is 11.4. The molecule has 0 aromatic heterocycles. The summed E-state index contributed by atoms with van der Waals surface area (Å²) >= 11 is 0. The minimum atomic E-state index is -0.173. The number of anilines is 1. The van der Waals surface area contributed by atoms with Crippen molar-refractivity contribution in [3.63, 3.8) is 0 Å². The molecule has 4 nitrogen and oxygen atoms in total. The van der Waals surface area contributed by atoms with Crippen molar-refractivity contribution in [1.82, 2.24) is 5.32 Å². The smallest absolute Gasteiger partial charge is 0.319 e. The molecule has 1 aromatic rings. The van der Waals surface area contributed by atoms with E-state index in [2.05, 4.69) is 24.5 Å². The molecule has 4 heteroatoms. The molecule has 100 valence electrons. The maximum Gasteiger partial charge on any atom is 0.319 e. The van der Waals surface area contributed by atoms with Crippen LogP contribution in [0.15, 0.2) is 24.3 Å². The summed E-state index contributed by atoms with van der Waals surface area (Å²) in [6.45, 7) is 6.72. The summed E-state index contributed by atoms with van der Waals surface area (Å²) in [5.74, 6) is 0.372. The number of urea groups is 1. The summed E-state index contributed by atoms with van der Waals surface area (Å²) in [5.41, 5.74) is 7.47. The van der Waals surface area contributed by atoms with Gasteiger partial charge in [0.1, 0.15) is 0 Å². The number of benzene rings is 1. The van der Waals surface area contributed by atoms with Crippen molar-refractivity contribution in [2.75, 3.05) is 11.9 Å². The lowest BCUT2D eigenvalue weighted by molar-refractivity contribution is 0.243. The Hall–Kier alpha value is -1.55. The number of aryl methyl sites for hydroxylation is 1. The number of carbonyl (C=O) groups is 1. The Kier molecular flexibility index (Phi) is 5.65. The molecule has 4 N–H and O–H groups in total. The number of nitrogens with one attached hydrogen (secondary N) is 2. The second-order valence-electron chi connectivity index (χ2n) is 4.90. The first kappa shape index (κ1) is 14.5. The van der Waals surface area contributed by atoms with Crippen LogP contribution in [-0.4, -0.2) is 18.6 Å². The van der Waals surface area contributed by atoms with Gasteiger partial charge in [-0.05, 0) is 43.5 Å². The Morgan fingerprint density at radius 1 is 1.39 bits per heavy atom. The van der Waals surface area contributed by atoms with Gasteiger partial charge in [-0.1, -0.05) is 26.0 Å². The van der Waals surface area contributed by atoms with E-state index in [1.165, 1.54) is 0 Å². The molecule has 1 atom stereocenters. The van der Waals surface area contributed by atoms with E-state index in [1.54, 1.807) is 0 Å². The molecule has 0 fully saturated rings. The van der Waals surface area contributed by atoms with Gasteiger partial charge >= 0.3 is 6.03 Å². The third-order valence-electron chi connectivity index (χ3n) is 2.87. The fourth-order valence-corrected chi connectivity index (χ4v) is 1.81. The van der Waals surface area contributed by atoms with Crippen LogP contribution in [0.2, 0.25) is 0 Å². The Balaban J connectivity index is 2.55. The molecule has 1 aromatic carbocycles. The first-order valence-electron chi connectivity index (χ1n) is 6.37. The number of amides is 2. The van der Waals surface area contributed by atoms with Gasteiger partial charge < -0.3 is 16.4 Å². The van der Waals surface area contributed by atoms with E-state index in [0.29, 0.717) is 12.5 Å². The largest absolute Gasteiger partial charge is 0.335 e. The predicted octanol–water partition coefficient (Wildman–Crippen LogP) is 2.49. The van der Waals surface area contributed by atoms with E-state index in [9.17, 15) is 4.79 Å². The monoisotopic (exact) mass is 249 g/mol. The Labute approximate surface area is 109 Å². The average molecular weight is 249 g/mol. The summed E-state index contributed by atoms with van der Waals surface area (Å²) in [6.07, 6.45) is 0.791. The van der Waals surface area contributed by atoms with Crippen molar-refractivity contribution in [2.45, 2.75) is 33.2 Å². The van der Waals surface area contributed by atoms with Crippen molar-refractivity contribution in [1.29, 1.82) is 0 Å². The molecule has 0 saturated heterocycles. The van der Waals surface area contributed by atoms with Crippen LogP contribution in [0.5, 0.6) is 0 Å². The molecule has 0 heterocycles. The second-order valence-corrected chi connectivity index (χ2v) is 4.90. The highest BCUT2D eigenvalue weighted by Gasteiger charge is 2.15. The van der Waals surface area contributed by atoms with Gasteiger partial charge in [-0.3, -0.25) is 0 Å². The summed E-state index contributed by atoms with van der Waals surface area (Å²) in [7, 11) is 0. The van der Waals surface area contributed by atoms with Crippen LogP contribution >= 0.6 is 0 Å². The molecule has 18 heavy (non-hydrogen) atoms. The van der Waals surface area contributed by atoms with Crippen LogP contribution in [-0.2, 0) is 0 Å². The second kappa shape index (κ2) is 7.01. The number of rotatable bonds is 5. The number of nitrogens with two attached hydrogens (primary N) is 1. The van der Waals surface area contributed by atoms with E-state index < -0.39 is 0 Å². The Morgan fingerprint density at radius 3 is 2.67 bits per heavy atom. The molecule has 0 saturated carbocycles. The quantitative estimate of drug-likeness (QED) is 0.750. The molecule has 0 aliphatic rings. The van der Waals surface area contributed by atoms with Gasteiger partial charge in [0.05, 0.1) is 0 Å². The van der Waals surface area contributed by atoms with Crippen LogP contribution < -0.4 is 16.4 Å². The predicted molar refractivity (Wildman–Crippen MR) is 75.6 cm³/mol. The molecule has 0 bridgehead atoms. The first-order chi connectivity index (χ1) is 8.52. The van der Waals surface area contributed by atoms with Gasteiger partial charge in [-0.15, -0.1) is 0 Å². The van der Waals surface area contributed by atoms with Crippen molar-refractivity contribution < 1.29 is 4.79 Å². The molecule has 0 spiro atoms. The molecule has 0 aliphatic carbocycles. The van der Waals surface area contributed by atoms with Crippen LogP contribution in [0.1, 0.15) is 25.8 Å². The van der Waals surface area contributed by atoms with E-state index in [1.807, 2.05) is 31.2 Å². The van der Waals surface area contributed by atoms with Crippen LogP contribution in [0.4, 0.5) is 10.5 Å². The summed E-state index contributed by atoms with van der Waals surface area (Å²) in [5, 5.41) is 5.79. The van der Waals surface area contributed by atoms with E-state index >= 15 is 0 Å². The zero-order chi connectivity index (χ0) is 13.5. The molecule has 0 aliphatic heterocycles. The van der Waals surface area contributed by atoms with E-state index in [4.69, 9.17) is 5.73 Å². The average Bonchev–Trinajstić information content (AvgIpc) is 2.28. The van der Waals surface area contributed by atoms with Gasteiger partial charge in [0, 0.05) is 11.7 Å². The summed E-state index contributed by atoms with van der Waals surface area (Å²) in [6, 6.07) is 7.67. The van der Waals surface area contributed by atoms with E-state index in [-0.39, 0.29) is 12.1 Å². The third-order valence-corrected chi connectivity index (χ3v) is 2.87. The fourth-order valence-electron chi connectivity index (χ4n) is 1.81. The Bertz CT molecular complexity index is 390. The third kappa shape index (κ3) is 4.75. The highest BCUT2D eigenvalue weighted by atomic mass is 16.2. The van der Waals surface area contributed by atoms with E-state index in [0.717, 1.165) is 17.7 Å². The molecule has 1 rings (SSSR count).